The van der Waals surface area contributed by atoms with Gasteiger partial charge in [0, 0.05) is 12.6 Å². The average Bonchev–Trinajstić information content (AvgIpc) is 2.35. The third-order valence-corrected chi connectivity index (χ3v) is 2.49. The van der Waals surface area contributed by atoms with Crippen molar-refractivity contribution in [1.29, 1.82) is 0 Å². The maximum absolute atomic E-state index is 4.96. The van der Waals surface area contributed by atoms with E-state index in [2.05, 4.69) is 24.5 Å². The Bertz CT molecular complexity index is 147. The topological polar surface area (TPSA) is 24.1 Å². The largest absolute Gasteiger partial charge is 0.361 e. The van der Waals surface area contributed by atoms with Gasteiger partial charge in [-0.2, -0.15) is 0 Å². The standard InChI is InChI=1S/C8H16N2S/c1-3-6(2)4-7-5-9-8(11)10-7/h6-7H,3-5H2,1-2H3,(H2,9,10,11). The smallest absolute Gasteiger partial charge is 0.166 e. The summed E-state index contributed by atoms with van der Waals surface area (Å²) in [6.45, 7) is 5.51. The molecule has 0 spiro atoms. The molecule has 1 aliphatic heterocycles. The highest BCUT2D eigenvalue weighted by Gasteiger charge is 2.18. The van der Waals surface area contributed by atoms with Gasteiger partial charge in [-0.3, -0.25) is 0 Å². The normalized spacial score (nSPS) is 26.0. The summed E-state index contributed by atoms with van der Waals surface area (Å²) in [5, 5.41) is 7.18. The lowest BCUT2D eigenvalue weighted by atomic mass is 10.0. The van der Waals surface area contributed by atoms with Crippen molar-refractivity contribution < 1.29 is 0 Å². The van der Waals surface area contributed by atoms with Crippen LogP contribution in [0.4, 0.5) is 0 Å². The van der Waals surface area contributed by atoms with E-state index in [1.54, 1.807) is 0 Å². The van der Waals surface area contributed by atoms with Gasteiger partial charge in [-0.15, -0.1) is 0 Å². The monoisotopic (exact) mass is 172 g/mol. The van der Waals surface area contributed by atoms with Crippen LogP contribution in [0, 0.1) is 5.92 Å². The van der Waals surface area contributed by atoms with Crippen molar-refractivity contribution in [2.75, 3.05) is 6.54 Å². The zero-order valence-electron chi connectivity index (χ0n) is 7.18. The van der Waals surface area contributed by atoms with E-state index in [0.29, 0.717) is 6.04 Å². The molecule has 0 aromatic rings. The Labute approximate surface area is 73.7 Å². The van der Waals surface area contributed by atoms with E-state index in [1.807, 2.05) is 0 Å². The summed E-state index contributed by atoms with van der Waals surface area (Å²) in [6.07, 6.45) is 2.48. The quantitative estimate of drug-likeness (QED) is 0.627. The first kappa shape index (κ1) is 8.78. The van der Waals surface area contributed by atoms with Crippen molar-refractivity contribution in [2.24, 2.45) is 5.92 Å². The molecule has 0 aromatic carbocycles. The number of nitrogens with one attached hydrogen (secondary N) is 2. The van der Waals surface area contributed by atoms with Crippen molar-refractivity contribution in [2.45, 2.75) is 32.7 Å². The van der Waals surface area contributed by atoms with Crippen LogP contribution in [-0.4, -0.2) is 17.7 Å². The fraction of sp³-hybridized carbons (Fsp3) is 0.875. The molecule has 0 saturated carbocycles. The van der Waals surface area contributed by atoms with Gasteiger partial charge in [0.05, 0.1) is 0 Å². The molecule has 2 N–H and O–H groups in total. The Morgan fingerprint density at radius 2 is 2.45 bits per heavy atom. The molecule has 3 heteroatoms. The van der Waals surface area contributed by atoms with Crippen LogP contribution in [0.2, 0.25) is 0 Å². The van der Waals surface area contributed by atoms with Crippen LogP contribution in [0.1, 0.15) is 26.7 Å². The molecule has 1 aliphatic rings. The van der Waals surface area contributed by atoms with E-state index >= 15 is 0 Å². The molecule has 0 aliphatic carbocycles. The van der Waals surface area contributed by atoms with Crippen LogP contribution in [0.25, 0.3) is 0 Å². The molecule has 0 bridgehead atoms. The number of hydrogen-bond donors (Lipinski definition) is 2. The zero-order valence-corrected chi connectivity index (χ0v) is 8.00. The van der Waals surface area contributed by atoms with Crippen molar-refractivity contribution in [3.05, 3.63) is 0 Å². The van der Waals surface area contributed by atoms with Crippen LogP contribution >= 0.6 is 12.2 Å². The predicted octanol–water partition coefficient (Wildman–Crippen LogP) is 1.27. The average molecular weight is 172 g/mol. The molecule has 1 saturated heterocycles. The molecule has 0 amide bonds. The van der Waals surface area contributed by atoms with Crippen LogP contribution in [0.3, 0.4) is 0 Å². The van der Waals surface area contributed by atoms with Crippen molar-refractivity contribution >= 4 is 17.3 Å². The molecular weight excluding hydrogens is 156 g/mol. The number of thiocarbonyl (C=S) groups is 1. The minimum atomic E-state index is 0.567. The lowest BCUT2D eigenvalue weighted by Crippen LogP contribution is -2.27. The van der Waals surface area contributed by atoms with Crippen molar-refractivity contribution in [3.8, 4) is 0 Å². The molecule has 0 radical (unpaired) electrons. The Morgan fingerprint density at radius 1 is 1.73 bits per heavy atom. The highest BCUT2D eigenvalue weighted by molar-refractivity contribution is 7.80. The minimum Gasteiger partial charge on any atom is -0.361 e. The fourth-order valence-corrected chi connectivity index (χ4v) is 1.55. The summed E-state index contributed by atoms with van der Waals surface area (Å²) in [5.74, 6) is 0.801. The second kappa shape index (κ2) is 3.90. The summed E-state index contributed by atoms with van der Waals surface area (Å²) < 4.78 is 0. The second-order valence-corrected chi connectivity index (χ2v) is 3.71. The number of hydrogen-bond acceptors (Lipinski definition) is 1. The maximum Gasteiger partial charge on any atom is 0.166 e. The first-order valence-corrected chi connectivity index (χ1v) is 4.67. The summed E-state index contributed by atoms with van der Waals surface area (Å²) in [4.78, 5) is 0. The predicted molar refractivity (Wildman–Crippen MR) is 51.6 cm³/mol. The Hall–Kier alpha value is -0.310. The fourth-order valence-electron chi connectivity index (χ4n) is 1.30. The lowest BCUT2D eigenvalue weighted by molar-refractivity contribution is 0.447. The Balaban J connectivity index is 2.22. The molecule has 1 fully saturated rings. The molecule has 1 rings (SSSR count). The molecule has 2 atom stereocenters. The van der Waals surface area contributed by atoms with E-state index in [1.165, 1.54) is 12.8 Å². The van der Waals surface area contributed by atoms with Crippen molar-refractivity contribution in [3.63, 3.8) is 0 Å². The van der Waals surface area contributed by atoms with Gasteiger partial charge in [-0.1, -0.05) is 20.3 Å². The summed E-state index contributed by atoms with van der Waals surface area (Å²) in [7, 11) is 0. The van der Waals surface area contributed by atoms with Crippen LogP contribution in [0.5, 0.6) is 0 Å². The molecule has 11 heavy (non-hydrogen) atoms. The third kappa shape index (κ3) is 2.66. The van der Waals surface area contributed by atoms with E-state index in [4.69, 9.17) is 12.2 Å². The Kier molecular flexibility index (Phi) is 3.12. The van der Waals surface area contributed by atoms with E-state index in [-0.39, 0.29) is 0 Å². The van der Waals surface area contributed by atoms with E-state index < -0.39 is 0 Å². The molecule has 2 unspecified atom stereocenters. The van der Waals surface area contributed by atoms with Crippen molar-refractivity contribution in [1.82, 2.24) is 10.6 Å². The SMILES string of the molecule is CCC(C)CC1CNC(=S)N1. The second-order valence-electron chi connectivity index (χ2n) is 3.30. The first-order chi connectivity index (χ1) is 5.22. The van der Waals surface area contributed by atoms with Gasteiger partial charge >= 0.3 is 0 Å². The van der Waals surface area contributed by atoms with Gasteiger partial charge in [-0.25, -0.2) is 0 Å². The van der Waals surface area contributed by atoms with Gasteiger partial charge in [-0.05, 0) is 24.6 Å². The van der Waals surface area contributed by atoms with Gasteiger partial charge < -0.3 is 10.6 Å². The van der Waals surface area contributed by atoms with E-state index in [9.17, 15) is 0 Å². The highest BCUT2D eigenvalue weighted by Crippen LogP contribution is 2.10. The summed E-state index contributed by atoms with van der Waals surface area (Å²) in [6, 6.07) is 0.567. The number of rotatable bonds is 3. The third-order valence-electron chi connectivity index (χ3n) is 2.23. The van der Waals surface area contributed by atoms with Gasteiger partial charge in [0.15, 0.2) is 5.11 Å². The lowest BCUT2D eigenvalue weighted by Gasteiger charge is -2.13. The molecule has 1 heterocycles. The molecular formula is C8H16N2S. The Morgan fingerprint density at radius 3 is 2.91 bits per heavy atom. The summed E-state index contributed by atoms with van der Waals surface area (Å²) >= 11 is 4.96. The first-order valence-electron chi connectivity index (χ1n) is 4.26. The van der Waals surface area contributed by atoms with Crippen LogP contribution in [-0.2, 0) is 0 Å². The minimum absolute atomic E-state index is 0.567. The van der Waals surface area contributed by atoms with Crippen LogP contribution in [0.15, 0.2) is 0 Å². The van der Waals surface area contributed by atoms with Gasteiger partial charge in [0.1, 0.15) is 0 Å². The molecule has 0 aromatic heterocycles. The molecule has 2 nitrogen and oxygen atoms in total. The van der Waals surface area contributed by atoms with Gasteiger partial charge in [0.25, 0.3) is 0 Å². The molecule has 64 valence electrons. The van der Waals surface area contributed by atoms with Crippen LogP contribution < -0.4 is 10.6 Å². The maximum atomic E-state index is 4.96. The van der Waals surface area contributed by atoms with Gasteiger partial charge in [0.2, 0.25) is 0 Å². The highest BCUT2D eigenvalue weighted by atomic mass is 32.1. The van der Waals surface area contributed by atoms with E-state index in [0.717, 1.165) is 17.6 Å². The zero-order chi connectivity index (χ0) is 8.27. The summed E-state index contributed by atoms with van der Waals surface area (Å²) in [5.41, 5.74) is 0.